The maximum absolute atomic E-state index is 13.2. The van der Waals surface area contributed by atoms with E-state index in [1.807, 2.05) is 24.3 Å². The lowest BCUT2D eigenvalue weighted by Gasteiger charge is -2.22. The molecule has 17 heteroatoms. The van der Waals surface area contributed by atoms with Crippen LogP contribution in [0.1, 0.15) is 24.0 Å². The van der Waals surface area contributed by atoms with Crippen molar-refractivity contribution in [1.29, 1.82) is 0 Å². The van der Waals surface area contributed by atoms with Gasteiger partial charge in [0, 0.05) is 31.3 Å². The van der Waals surface area contributed by atoms with Crippen molar-refractivity contribution in [1.82, 2.24) is 15.2 Å². The Morgan fingerprint density at radius 3 is 2.16 bits per heavy atom. The lowest BCUT2D eigenvalue weighted by atomic mass is 10.0. The zero-order valence-electron chi connectivity index (χ0n) is 23.2. The summed E-state index contributed by atoms with van der Waals surface area (Å²) in [6, 6.07) is 10.9. The van der Waals surface area contributed by atoms with Crippen molar-refractivity contribution in [2.24, 2.45) is 17.2 Å². The molecular formula is C27H32Cl4F3N7O3-4. The number of anilines is 1. The summed E-state index contributed by atoms with van der Waals surface area (Å²) in [5.41, 5.74) is 17.7. The predicted molar refractivity (Wildman–Crippen MR) is 144 cm³/mol. The molecule has 0 aliphatic heterocycles. The first kappa shape index (κ1) is 43.2. The molecule has 2 atom stereocenters. The van der Waals surface area contributed by atoms with Gasteiger partial charge in [-0.05, 0) is 36.2 Å². The van der Waals surface area contributed by atoms with Crippen molar-refractivity contribution < 1.29 is 77.2 Å². The third-order valence-electron chi connectivity index (χ3n) is 6.19. The molecule has 0 aliphatic carbocycles. The molecule has 0 aliphatic rings. The van der Waals surface area contributed by atoms with Gasteiger partial charge in [-0.2, -0.15) is 13.2 Å². The molecule has 0 unspecified atom stereocenters. The largest absolute Gasteiger partial charge is 1.00 e. The van der Waals surface area contributed by atoms with Gasteiger partial charge < -0.3 is 82.4 Å². The zero-order chi connectivity index (χ0) is 29.3. The number of pyridine rings is 1. The van der Waals surface area contributed by atoms with Crippen LogP contribution in [-0.4, -0.2) is 59.4 Å². The molecule has 3 amide bonds. The van der Waals surface area contributed by atoms with Gasteiger partial charge in [-0.15, -0.1) is 0 Å². The number of nitrogens with zero attached hydrogens (tertiary/aromatic N) is 2. The van der Waals surface area contributed by atoms with E-state index < -0.39 is 35.6 Å². The number of amides is 3. The SMILES string of the molecule is NCCN(CN)C(=O)CC[C@H](N)C(=O)N[C@H](Cc1ccc(C(F)(F)F)cc1)C(=O)Nc1cnc2ccccc2c1.[Cl-].[Cl-].[Cl-].[Cl-]. The number of fused-ring (bicyclic) bond motifs is 1. The molecule has 2 aromatic carbocycles. The van der Waals surface area contributed by atoms with Crippen LogP contribution in [0.15, 0.2) is 60.8 Å². The van der Waals surface area contributed by atoms with Gasteiger partial charge in [0.05, 0.1) is 35.7 Å². The summed E-state index contributed by atoms with van der Waals surface area (Å²) < 4.78 is 39.0. The summed E-state index contributed by atoms with van der Waals surface area (Å²) in [6.07, 6.45) is -3.25. The standard InChI is InChI=1S/C27H32F3N7O3.4ClH/c28-27(29,30)19-7-5-17(6-8-19)13-23(26(40)35-20-14-18-3-1-2-4-22(18)34-15-20)36-25(39)21(33)9-10-24(38)37(16-32)12-11-31;;;;/h1-8,14-15,21,23H,9-13,16,31-33H2,(H,35,40)(H,36,39);4*1H/p-4/t21-,23+;;;;/m0..../s1. The number of carbonyl (C=O) groups excluding carboxylic acids is 3. The minimum atomic E-state index is -4.51. The summed E-state index contributed by atoms with van der Waals surface area (Å²) in [4.78, 5) is 44.1. The van der Waals surface area contributed by atoms with Crippen molar-refractivity contribution in [2.75, 3.05) is 25.1 Å². The molecule has 10 nitrogen and oxygen atoms in total. The number of halogens is 7. The maximum Gasteiger partial charge on any atom is 0.416 e. The van der Waals surface area contributed by atoms with Crippen molar-refractivity contribution >= 4 is 34.3 Å². The number of hydrogen-bond donors (Lipinski definition) is 5. The summed E-state index contributed by atoms with van der Waals surface area (Å²) in [7, 11) is 0. The lowest BCUT2D eigenvalue weighted by Crippen LogP contribution is -3.00. The van der Waals surface area contributed by atoms with Crippen LogP contribution in [0.2, 0.25) is 0 Å². The minimum absolute atomic E-state index is 0. The van der Waals surface area contributed by atoms with Gasteiger partial charge >= 0.3 is 6.18 Å². The van der Waals surface area contributed by atoms with Gasteiger partial charge in [-0.1, -0.05) is 30.3 Å². The summed E-state index contributed by atoms with van der Waals surface area (Å²) in [6.45, 7) is 0.454. The third kappa shape index (κ3) is 12.6. The van der Waals surface area contributed by atoms with Crippen LogP contribution in [0, 0.1) is 0 Å². The fourth-order valence-electron chi connectivity index (χ4n) is 3.96. The van der Waals surface area contributed by atoms with Crippen molar-refractivity contribution in [3.63, 3.8) is 0 Å². The molecule has 0 spiro atoms. The van der Waals surface area contributed by atoms with E-state index in [0.29, 0.717) is 11.3 Å². The van der Waals surface area contributed by atoms with Crippen LogP contribution < -0.4 is 77.5 Å². The van der Waals surface area contributed by atoms with E-state index in [-0.39, 0.29) is 94.6 Å². The van der Waals surface area contributed by atoms with Gasteiger partial charge in [-0.25, -0.2) is 0 Å². The molecule has 0 saturated carbocycles. The van der Waals surface area contributed by atoms with Crippen LogP contribution in [0.3, 0.4) is 0 Å². The highest BCUT2D eigenvalue weighted by Gasteiger charge is 2.30. The molecule has 0 saturated heterocycles. The van der Waals surface area contributed by atoms with E-state index in [2.05, 4.69) is 15.6 Å². The van der Waals surface area contributed by atoms with Gasteiger partial charge in [0.1, 0.15) is 6.04 Å². The van der Waals surface area contributed by atoms with Crippen molar-refractivity contribution in [3.05, 3.63) is 71.9 Å². The van der Waals surface area contributed by atoms with Crippen LogP contribution in [0.25, 0.3) is 10.9 Å². The third-order valence-corrected chi connectivity index (χ3v) is 6.19. The Bertz CT molecular complexity index is 1340. The normalized spacial score (nSPS) is 11.8. The number of carbonyl (C=O) groups is 3. The first-order valence-corrected chi connectivity index (χ1v) is 12.6. The molecule has 3 rings (SSSR count). The van der Waals surface area contributed by atoms with Gasteiger partial charge in [0.25, 0.3) is 0 Å². The topological polar surface area (TPSA) is 169 Å². The second-order valence-electron chi connectivity index (χ2n) is 9.14. The molecule has 44 heavy (non-hydrogen) atoms. The van der Waals surface area contributed by atoms with Gasteiger partial charge in [0.15, 0.2) is 0 Å². The van der Waals surface area contributed by atoms with E-state index in [9.17, 15) is 27.6 Å². The Labute approximate surface area is 277 Å². The molecule has 0 bridgehead atoms. The Hall–Kier alpha value is -2.91. The number of para-hydroxylation sites is 1. The van der Waals surface area contributed by atoms with E-state index in [1.54, 1.807) is 6.07 Å². The first-order valence-electron chi connectivity index (χ1n) is 12.6. The summed E-state index contributed by atoms with van der Waals surface area (Å²) in [5.74, 6) is -1.64. The number of benzene rings is 2. The van der Waals surface area contributed by atoms with E-state index >= 15 is 0 Å². The molecule has 0 radical (unpaired) electrons. The molecule has 0 fully saturated rings. The van der Waals surface area contributed by atoms with Crippen molar-refractivity contribution in [2.45, 2.75) is 37.5 Å². The quantitative estimate of drug-likeness (QED) is 0.117. The molecule has 246 valence electrons. The van der Waals surface area contributed by atoms with E-state index in [4.69, 9.17) is 17.2 Å². The van der Waals surface area contributed by atoms with Gasteiger partial charge in [-0.3, -0.25) is 19.4 Å². The fourth-order valence-corrected chi connectivity index (χ4v) is 3.96. The van der Waals surface area contributed by atoms with Crippen LogP contribution in [0.4, 0.5) is 18.9 Å². The maximum atomic E-state index is 13.2. The Morgan fingerprint density at radius 1 is 0.932 bits per heavy atom. The van der Waals surface area contributed by atoms with Gasteiger partial charge in [0.2, 0.25) is 17.7 Å². The minimum Gasteiger partial charge on any atom is -1.00 e. The number of rotatable bonds is 12. The highest BCUT2D eigenvalue weighted by Crippen LogP contribution is 2.29. The number of hydrogen-bond acceptors (Lipinski definition) is 7. The lowest BCUT2D eigenvalue weighted by molar-refractivity contribution is -0.137. The Morgan fingerprint density at radius 2 is 1.57 bits per heavy atom. The molecule has 1 aromatic heterocycles. The summed E-state index contributed by atoms with van der Waals surface area (Å²) >= 11 is 0. The average Bonchev–Trinajstić information content (AvgIpc) is 2.93. The number of nitrogens with two attached hydrogens (primary N) is 3. The van der Waals surface area contributed by atoms with Crippen molar-refractivity contribution in [3.8, 4) is 0 Å². The fraction of sp³-hybridized carbons (Fsp3) is 0.333. The predicted octanol–water partition coefficient (Wildman–Crippen LogP) is -10.3. The zero-order valence-corrected chi connectivity index (χ0v) is 26.2. The van der Waals surface area contributed by atoms with E-state index in [1.165, 1.54) is 23.2 Å². The van der Waals surface area contributed by atoms with Crippen LogP contribution in [-0.2, 0) is 27.0 Å². The molecule has 1 heterocycles. The highest BCUT2D eigenvalue weighted by molar-refractivity contribution is 5.99. The summed E-state index contributed by atoms with van der Waals surface area (Å²) in [5, 5.41) is 6.04. The molecule has 8 N–H and O–H groups in total. The van der Waals surface area contributed by atoms with Crippen LogP contribution in [0.5, 0.6) is 0 Å². The monoisotopic (exact) mass is 699 g/mol. The molecular weight excluding hydrogens is 669 g/mol. The Balaban J connectivity index is 0. The highest BCUT2D eigenvalue weighted by atomic mass is 35.5. The second-order valence-corrected chi connectivity index (χ2v) is 9.14. The number of nitrogens with one attached hydrogen (secondary N) is 2. The van der Waals surface area contributed by atoms with Crippen LogP contribution >= 0.6 is 0 Å². The first-order chi connectivity index (χ1) is 19.0. The smallest absolute Gasteiger partial charge is 0.416 e. The average molecular weight is 701 g/mol. The molecule has 3 aromatic rings. The Kier molecular flexibility index (Phi) is 19.8. The van der Waals surface area contributed by atoms with E-state index in [0.717, 1.165) is 23.0 Å². The number of alkyl halides is 3. The second kappa shape index (κ2) is 20.2. The number of aromatic nitrogens is 1.